The number of hydrogen-bond donors (Lipinski definition) is 1. The SMILES string of the molecule is Cc1nc(CNC(=O)[C@@H]2CCCN(C3CCN(Cc4ccncc4)CC3)C2)no1. The van der Waals surface area contributed by atoms with Crippen molar-refractivity contribution in [3.05, 3.63) is 41.8 Å². The van der Waals surface area contributed by atoms with Crippen LogP contribution in [0.4, 0.5) is 0 Å². The van der Waals surface area contributed by atoms with Crippen LogP contribution in [0.25, 0.3) is 0 Å². The third-order valence-electron chi connectivity index (χ3n) is 6.04. The molecule has 8 heteroatoms. The largest absolute Gasteiger partial charge is 0.348 e. The van der Waals surface area contributed by atoms with Crippen LogP contribution < -0.4 is 5.32 Å². The summed E-state index contributed by atoms with van der Waals surface area (Å²) >= 11 is 0. The molecule has 0 aromatic carbocycles. The van der Waals surface area contributed by atoms with E-state index in [1.165, 1.54) is 18.4 Å². The minimum absolute atomic E-state index is 0.0478. The molecule has 4 heterocycles. The lowest BCUT2D eigenvalue weighted by Crippen LogP contribution is -2.50. The van der Waals surface area contributed by atoms with E-state index in [1.807, 2.05) is 12.4 Å². The van der Waals surface area contributed by atoms with Crippen molar-refractivity contribution in [2.75, 3.05) is 26.2 Å². The summed E-state index contributed by atoms with van der Waals surface area (Å²) in [5.74, 6) is 1.21. The van der Waals surface area contributed by atoms with E-state index in [2.05, 4.69) is 42.4 Å². The smallest absolute Gasteiger partial charge is 0.224 e. The Morgan fingerprint density at radius 3 is 2.72 bits per heavy atom. The van der Waals surface area contributed by atoms with E-state index in [0.29, 0.717) is 24.3 Å². The molecule has 0 unspecified atom stereocenters. The summed E-state index contributed by atoms with van der Waals surface area (Å²) < 4.78 is 4.96. The minimum Gasteiger partial charge on any atom is -0.348 e. The van der Waals surface area contributed by atoms with E-state index in [9.17, 15) is 4.79 Å². The first-order chi connectivity index (χ1) is 14.2. The van der Waals surface area contributed by atoms with Crippen LogP contribution in [0.1, 0.15) is 43.0 Å². The molecule has 0 radical (unpaired) electrons. The van der Waals surface area contributed by atoms with E-state index < -0.39 is 0 Å². The summed E-state index contributed by atoms with van der Waals surface area (Å²) in [5, 5.41) is 6.81. The Hall–Kier alpha value is -2.32. The zero-order chi connectivity index (χ0) is 20.1. The van der Waals surface area contributed by atoms with Gasteiger partial charge in [-0.3, -0.25) is 19.6 Å². The number of amides is 1. The molecule has 156 valence electrons. The molecule has 2 saturated heterocycles. The summed E-state index contributed by atoms with van der Waals surface area (Å²) in [4.78, 5) is 25.9. The van der Waals surface area contributed by atoms with Gasteiger partial charge >= 0.3 is 0 Å². The maximum Gasteiger partial charge on any atom is 0.224 e. The molecule has 0 saturated carbocycles. The van der Waals surface area contributed by atoms with Crippen molar-refractivity contribution in [3.63, 3.8) is 0 Å². The molecule has 4 rings (SSSR count). The van der Waals surface area contributed by atoms with Crippen LogP contribution in [0.5, 0.6) is 0 Å². The van der Waals surface area contributed by atoms with Gasteiger partial charge in [0.25, 0.3) is 0 Å². The number of pyridine rings is 1. The van der Waals surface area contributed by atoms with Crippen molar-refractivity contribution in [2.45, 2.75) is 51.7 Å². The van der Waals surface area contributed by atoms with Crippen LogP contribution in [0.2, 0.25) is 0 Å². The topological polar surface area (TPSA) is 87.4 Å². The van der Waals surface area contributed by atoms with Crippen molar-refractivity contribution in [1.82, 2.24) is 30.2 Å². The summed E-state index contributed by atoms with van der Waals surface area (Å²) in [7, 11) is 0. The van der Waals surface area contributed by atoms with Crippen molar-refractivity contribution >= 4 is 5.91 Å². The number of nitrogens with one attached hydrogen (secondary N) is 1. The van der Waals surface area contributed by atoms with Gasteiger partial charge in [0.05, 0.1) is 12.5 Å². The molecule has 2 aromatic heterocycles. The van der Waals surface area contributed by atoms with Gasteiger partial charge in [0.15, 0.2) is 5.82 Å². The van der Waals surface area contributed by atoms with Gasteiger partial charge in [0.1, 0.15) is 0 Å². The fourth-order valence-corrected chi connectivity index (χ4v) is 4.46. The zero-order valence-electron chi connectivity index (χ0n) is 17.1. The summed E-state index contributed by atoms with van der Waals surface area (Å²) in [6.07, 6.45) is 8.09. The molecular weight excluding hydrogens is 368 g/mol. The van der Waals surface area contributed by atoms with E-state index in [-0.39, 0.29) is 11.8 Å². The maximum atomic E-state index is 12.6. The van der Waals surface area contributed by atoms with Gasteiger partial charge in [-0.05, 0) is 63.0 Å². The summed E-state index contributed by atoms with van der Waals surface area (Å²) in [6.45, 7) is 7.25. The predicted molar refractivity (Wildman–Crippen MR) is 108 cm³/mol. The number of carbonyl (C=O) groups is 1. The molecule has 1 amide bonds. The Balaban J connectivity index is 1.23. The van der Waals surface area contributed by atoms with Gasteiger partial charge < -0.3 is 9.84 Å². The second-order valence-electron chi connectivity index (χ2n) is 8.14. The van der Waals surface area contributed by atoms with Gasteiger partial charge in [-0.1, -0.05) is 5.16 Å². The first-order valence-electron chi connectivity index (χ1n) is 10.6. The number of carbonyl (C=O) groups excluding carboxylic acids is 1. The maximum absolute atomic E-state index is 12.6. The van der Waals surface area contributed by atoms with Crippen LogP contribution in [0.3, 0.4) is 0 Å². The second kappa shape index (κ2) is 9.45. The van der Waals surface area contributed by atoms with E-state index >= 15 is 0 Å². The molecule has 2 aliphatic heterocycles. The lowest BCUT2D eigenvalue weighted by Gasteiger charge is -2.42. The number of aromatic nitrogens is 3. The monoisotopic (exact) mass is 398 g/mol. The van der Waals surface area contributed by atoms with Crippen molar-refractivity contribution < 1.29 is 9.32 Å². The van der Waals surface area contributed by atoms with Crippen LogP contribution in [0, 0.1) is 12.8 Å². The molecule has 1 N–H and O–H groups in total. The highest BCUT2D eigenvalue weighted by molar-refractivity contribution is 5.78. The second-order valence-corrected chi connectivity index (χ2v) is 8.14. The Labute approximate surface area is 171 Å². The molecule has 0 bridgehead atoms. The molecule has 2 fully saturated rings. The van der Waals surface area contributed by atoms with E-state index in [1.54, 1.807) is 6.92 Å². The lowest BCUT2D eigenvalue weighted by atomic mass is 9.93. The third-order valence-corrected chi connectivity index (χ3v) is 6.04. The Kier molecular flexibility index (Phi) is 6.51. The van der Waals surface area contributed by atoms with Crippen LogP contribution in [0.15, 0.2) is 29.0 Å². The molecule has 1 atom stereocenters. The number of nitrogens with zero attached hydrogens (tertiary/aromatic N) is 5. The van der Waals surface area contributed by atoms with Gasteiger partial charge in [-0.2, -0.15) is 4.98 Å². The normalized spacial score (nSPS) is 21.9. The highest BCUT2D eigenvalue weighted by Crippen LogP contribution is 2.24. The predicted octanol–water partition coefficient (Wildman–Crippen LogP) is 1.77. The quantitative estimate of drug-likeness (QED) is 0.793. The number of hydrogen-bond acceptors (Lipinski definition) is 7. The van der Waals surface area contributed by atoms with Gasteiger partial charge in [0.2, 0.25) is 11.8 Å². The van der Waals surface area contributed by atoms with E-state index in [4.69, 9.17) is 4.52 Å². The van der Waals surface area contributed by atoms with E-state index in [0.717, 1.165) is 45.6 Å². The van der Waals surface area contributed by atoms with Gasteiger partial charge in [-0.15, -0.1) is 0 Å². The summed E-state index contributed by atoms with van der Waals surface area (Å²) in [6, 6.07) is 4.77. The summed E-state index contributed by atoms with van der Waals surface area (Å²) in [5.41, 5.74) is 1.32. The Bertz CT molecular complexity index is 787. The fraction of sp³-hybridized carbons (Fsp3) is 0.619. The van der Waals surface area contributed by atoms with Crippen molar-refractivity contribution in [2.24, 2.45) is 5.92 Å². The highest BCUT2D eigenvalue weighted by Gasteiger charge is 2.31. The van der Waals surface area contributed by atoms with Crippen LogP contribution in [-0.2, 0) is 17.9 Å². The molecular formula is C21H30N6O2. The molecule has 0 aliphatic carbocycles. The number of piperidine rings is 2. The molecule has 0 spiro atoms. The Morgan fingerprint density at radius 1 is 1.21 bits per heavy atom. The zero-order valence-corrected chi connectivity index (χ0v) is 17.1. The van der Waals surface area contributed by atoms with Crippen molar-refractivity contribution in [3.8, 4) is 0 Å². The molecule has 2 aliphatic rings. The third kappa shape index (κ3) is 5.39. The highest BCUT2D eigenvalue weighted by atomic mass is 16.5. The van der Waals surface area contributed by atoms with Crippen LogP contribution in [-0.4, -0.2) is 63.1 Å². The van der Waals surface area contributed by atoms with Crippen LogP contribution >= 0.6 is 0 Å². The van der Waals surface area contributed by atoms with Crippen molar-refractivity contribution in [1.29, 1.82) is 0 Å². The average molecular weight is 399 g/mol. The lowest BCUT2D eigenvalue weighted by molar-refractivity contribution is -0.127. The molecule has 8 nitrogen and oxygen atoms in total. The standard InChI is InChI=1S/C21H30N6O2/c1-16-24-20(25-29-16)13-23-21(28)18-3-2-10-27(15-18)19-6-11-26(12-7-19)14-17-4-8-22-9-5-17/h4-5,8-9,18-19H,2-3,6-7,10-15H2,1H3,(H,23,28)/t18-/m1/s1. The fourth-order valence-electron chi connectivity index (χ4n) is 4.46. The van der Waals surface area contributed by atoms with Gasteiger partial charge in [0, 0.05) is 38.4 Å². The van der Waals surface area contributed by atoms with Gasteiger partial charge in [-0.25, -0.2) is 0 Å². The number of rotatable bonds is 6. The number of likely N-dealkylation sites (tertiary alicyclic amines) is 2. The average Bonchev–Trinajstić information content (AvgIpc) is 3.18. The number of aryl methyl sites for hydroxylation is 1. The minimum atomic E-state index is 0.0478. The first kappa shape index (κ1) is 20.0. The molecule has 2 aromatic rings. The Morgan fingerprint density at radius 2 is 2.00 bits per heavy atom. The first-order valence-corrected chi connectivity index (χ1v) is 10.6. The molecule has 29 heavy (non-hydrogen) atoms.